The molecule has 160 valence electrons. The molecule has 0 aliphatic carbocycles. The molecule has 1 amide bonds. The number of thioether (sulfide) groups is 1. The van der Waals surface area contributed by atoms with E-state index in [0.717, 1.165) is 40.2 Å². The van der Waals surface area contributed by atoms with Crippen molar-refractivity contribution in [3.63, 3.8) is 0 Å². The Morgan fingerprint density at radius 2 is 1.87 bits per heavy atom. The lowest BCUT2D eigenvalue weighted by Gasteiger charge is -2.21. The van der Waals surface area contributed by atoms with Crippen molar-refractivity contribution >= 4 is 44.4 Å². The largest absolute Gasteiger partial charge is 0.494 e. The van der Waals surface area contributed by atoms with Gasteiger partial charge in [0.15, 0.2) is 5.13 Å². The Morgan fingerprint density at radius 1 is 1.13 bits per heavy atom. The fourth-order valence-electron chi connectivity index (χ4n) is 3.22. The van der Waals surface area contributed by atoms with E-state index in [1.54, 1.807) is 30.2 Å². The number of hydrogen-bond donors (Lipinski definition) is 0. The number of methoxy groups -OCH3 is 1. The van der Waals surface area contributed by atoms with Crippen LogP contribution >= 0.6 is 23.1 Å². The van der Waals surface area contributed by atoms with E-state index in [9.17, 15) is 4.79 Å². The van der Waals surface area contributed by atoms with Crippen LogP contribution in [-0.2, 0) is 0 Å². The maximum Gasteiger partial charge on any atom is 0.260 e. The minimum absolute atomic E-state index is 0.0162. The van der Waals surface area contributed by atoms with Gasteiger partial charge in [-0.05, 0) is 75.6 Å². The van der Waals surface area contributed by atoms with Gasteiger partial charge < -0.3 is 9.64 Å². The summed E-state index contributed by atoms with van der Waals surface area (Å²) >= 11 is 3.32. The molecule has 5 nitrogen and oxygen atoms in total. The summed E-state index contributed by atoms with van der Waals surface area (Å²) in [6.07, 6.45) is 0.870. The third-order valence-corrected chi connectivity index (χ3v) is 6.90. The van der Waals surface area contributed by atoms with Gasteiger partial charge in [0.1, 0.15) is 11.3 Å². The molecule has 0 unspecified atom stereocenters. The predicted octanol–water partition coefficient (Wildman–Crippen LogP) is 5.32. The minimum Gasteiger partial charge on any atom is -0.494 e. The van der Waals surface area contributed by atoms with Crippen LogP contribution in [-0.4, -0.2) is 55.8 Å². The molecule has 0 bridgehead atoms. The Bertz CT molecular complexity index is 1000. The van der Waals surface area contributed by atoms with E-state index in [1.165, 1.54) is 4.90 Å². The zero-order chi connectivity index (χ0) is 21.7. The van der Waals surface area contributed by atoms with Crippen molar-refractivity contribution in [2.45, 2.75) is 25.2 Å². The van der Waals surface area contributed by atoms with Gasteiger partial charge in [-0.25, -0.2) is 4.98 Å². The molecule has 0 aliphatic rings. The molecule has 7 heteroatoms. The van der Waals surface area contributed by atoms with Crippen LogP contribution in [0.1, 0.15) is 29.3 Å². The van der Waals surface area contributed by atoms with E-state index in [0.29, 0.717) is 17.2 Å². The average Bonchev–Trinajstić information content (AvgIpc) is 3.18. The number of aryl methyl sites for hydroxylation is 1. The topological polar surface area (TPSA) is 45.7 Å². The van der Waals surface area contributed by atoms with Crippen LogP contribution in [0.4, 0.5) is 5.13 Å². The quantitative estimate of drug-likeness (QED) is 0.419. The SMILES string of the molecule is CCSc1ccc(C(=O)N(CCCN(C)C)c2nc3c(OC)ccc(C)c3s2)cc1. The number of nitrogens with zero attached hydrogens (tertiary/aromatic N) is 3. The Morgan fingerprint density at radius 3 is 2.50 bits per heavy atom. The Kier molecular flexibility index (Phi) is 7.75. The molecule has 1 aromatic heterocycles. The third kappa shape index (κ3) is 5.14. The number of carbonyl (C=O) groups excluding carboxylic acids is 1. The summed E-state index contributed by atoms with van der Waals surface area (Å²) in [6.45, 7) is 5.71. The molecular weight excluding hydrogens is 414 g/mol. The molecule has 3 rings (SSSR count). The van der Waals surface area contributed by atoms with Crippen molar-refractivity contribution in [1.29, 1.82) is 0 Å². The summed E-state index contributed by atoms with van der Waals surface area (Å²) in [6, 6.07) is 11.8. The van der Waals surface area contributed by atoms with Crippen LogP contribution in [0, 0.1) is 6.92 Å². The monoisotopic (exact) mass is 443 g/mol. The van der Waals surface area contributed by atoms with Crippen molar-refractivity contribution in [3.05, 3.63) is 47.5 Å². The zero-order valence-corrected chi connectivity index (χ0v) is 19.9. The van der Waals surface area contributed by atoms with Crippen molar-refractivity contribution in [3.8, 4) is 5.75 Å². The molecule has 0 fully saturated rings. The number of thiazole rings is 1. The number of ether oxygens (including phenoxy) is 1. The maximum atomic E-state index is 13.4. The number of rotatable bonds is 9. The smallest absolute Gasteiger partial charge is 0.260 e. The predicted molar refractivity (Wildman–Crippen MR) is 129 cm³/mol. The highest BCUT2D eigenvalue weighted by atomic mass is 32.2. The second kappa shape index (κ2) is 10.3. The van der Waals surface area contributed by atoms with E-state index < -0.39 is 0 Å². The normalized spacial score (nSPS) is 11.3. The Labute approximate surface area is 187 Å². The lowest BCUT2D eigenvalue weighted by molar-refractivity contribution is 0.0986. The molecule has 0 saturated carbocycles. The number of anilines is 1. The van der Waals surface area contributed by atoms with Gasteiger partial charge in [-0.2, -0.15) is 0 Å². The summed E-state index contributed by atoms with van der Waals surface area (Å²) in [4.78, 5) is 23.4. The molecule has 0 N–H and O–H groups in total. The van der Waals surface area contributed by atoms with E-state index in [-0.39, 0.29) is 5.91 Å². The van der Waals surface area contributed by atoms with Crippen molar-refractivity contribution in [2.24, 2.45) is 0 Å². The van der Waals surface area contributed by atoms with Crippen LogP contribution in [0.25, 0.3) is 10.2 Å². The molecule has 0 spiro atoms. The summed E-state index contributed by atoms with van der Waals surface area (Å²) in [5.74, 6) is 1.73. The highest BCUT2D eigenvalue weighted by Crippen LogP contribution is 2.37. The molecule has 0 saturated heterocycles. The second-order valence-corrected chi connectivity index (χ2v) is 9.64. The number of benzene rings is 2. The zero-order valence-electron chi connectivity index (χ0n) is 18.3. The highest BCUT2D eigenvalue weighted by molar-refractivity contribution is 7.99. The van der Waals surface area contributed by atoms with Crippen LogP contribution in [0.2, 0.25) is 0 Å². The number of hydrogen-bond acceptors (Lipinski definition) is 6. The maximum absolute atomic E-state index is 13.4. The highest BCUT2D eigenvalue weighted by Gasteiger charge is 2.22. The minimum atomic E-state index is -0.0162. The molecular formula is C23H29N3O2S2. The van der Waals surface area contributed by atoms with Gasteiger partial charge in [-0.15, -0.1) is 11.8 Å². The van der Waals surface area contributed by atoms with Gasteiger partial charge in [0.25, 0.3) is 5.91 Å². The first-order valence-corrected chi connectivity index (χ1v) is 11.9. The summed E-state index contributed by atoms with van der Waals surface area (Å²) < 4.78 is 6.56. The summed E-state index contributed by atoms with van der Waals surface area (Å²) in [7, 11) is 5.74. The van der Waals surface area contributed by atoms with Crippen molar-refractivity contribution < 1.29 is 9.53 Å². The number of amides is 1. The lowest BCUT2D eigenvalue weighted by atomic mass is 10.2. The average molecular weight is 444 g/mol. The second-order valence-electron chi connectivity index (χ2n) is 7.33. The molecule has 2 aromatic carbocycles. The molecule has 0 radical (unpaired) electrons. The molecule has 1 heterocycles. The molecule has 30 heavy (non-hydrogen) atoms. The first-order valence-electron chi connectivity index (χ1n) is 10.1. The van der Waals surface area contributed by atoms with E-state index in [4.69, 9.17) is 9.72 Å². The van der Waals surface area contributed by atoms with Crippen LogP contribution < -0.4 is 9.64 Å². The number of fused-ring (bicyclic) bond motifs is 1. The standard InChI is InChI=1S/C23H29N3O2S2/c1-6-29-18-11-9-17(10-12-18)22(27)26(15-7-14-25(3)4)23-24-20-19(28-5)13-8-16(2)21(20)30-23/h8-13H,6-7,14-15H2,1-5H3. The fraction of sp³-hybridized carbons (Fsp3) is 0.391. The van der Waals surface area contributed by atoms with Gasteiger partial charge in [0.2, 0.25) is 0 Å². The Balaban J connectivity index is 1.96. The molecule has 0 atom stereocenters. The van der Waals surface area contributed by atoms with Crippen LogP contribution in [0.15, 0.2) is 41.3 Å². The number of carbonyl (C=O) groups is 1. The van der Waals surface area contributed by atoms with E-state index in [1.807, 2.05) is 55.4 Å². The van der Waals surface area contributed by atoms with Crippen LogP contribution in [0.5, 0.6) is 5.75 Å². The first kappa shape index (κ1) is 22.6. The van der Waals surface area contributed by atoms with Gasteiger partial charge in [0.05, 0.1) is 11.8 Å². The third-order valence-electron chi connectivity index (χ3n) is 4.79. The van der Waals surface area contributed by atoms with Crippen molar-refractivity contribution in [2.75, 3.05) is 44.9 Å². The lowest BCUT2D eigenvalue weighted by Crippen LogP contribution is -2.33. The van der Waals surface area contributed by atoms with Gasteiger partial charge in [-0.3, -0.25) is 9.69 Å². The van der Waals surface area contributed by atoms with Gasteiger partial charge >= 0.3 is 0 Å². The number of aromatic nitrogens is 1. The molecule has 0 aliphatic heterocycles. The van der Waals surface area contributed by atoms with E-state index >= 15 is 0 Å². The fourth-order valence-corrected chi connectivity index (χ4v) is 4.96. The Hall–Kier alpha value is -2.09. The summed E-state index contributed by atoms with van der Waals surface area (Å²) in [5, 5.41) is 0.716. The van der Waals surface area contributed by atoms with E-state index in [2.05, 4.69) is 18.7 Å². The van der Waals surface area contributed by atoms with Crippen molar-refractivity contribution in [1.82, 2.24) is 9.88 Å². The van der Waals surface area contributed by atoms with Gasteiger partial charge in [0, 0.05) is 17.0 Å². The molecule has 3 aromatic rings. The summed E-state index contributed by atoms with van der Waals surface area (Å²) in [5.41, 5.74) is 2.64. The van der Waals surface area contributed by atoms with Crippen LogP contribution in [0.3, 0.4) is 0 Å². The van der Waals surface area contributed by atoms with Gasteiger partial charge in [-0.1, -0.05) is 24.3 Å². The first-order chi connectivity index (χ1) is 14.4.